The number of nitrogens with zero attached hydrogens (tertiary/aromatic N) is 3. The van der Waals surface area contributed by atoms with E-state index in [4.69, 9.17) is 12.2 Å². The molecule has 0 saturated carbocycles. The lowest BCUT2D eigenvalue weighted by atomic mass is 10.1. The quantitative estimate of drug-likeness (QED) is 0.377. The van der Waals surface area contributed by atoms with Gasteiger partial charge in [0.1, 0.15) is 17.9 Å². The number of hydrogen-bond acceptors (Lipinski definition) is 4. The van der Waals surface area contributed by atoms with Gasteiger partial charge in [-0.25, -0.2) is 4.39 Å². The van der Waals surface area contributed by atoms with Crippen molar-refractivity contribution in [1.82, 2.24) is 14.4 Å². The van der Waals surface area contributed by atoms with Crippen molar-refractivity contribution in [1.29, 1.82) is 0 Å². The molecule has 0 spiro atoms. The number of nitrogens with one attached hydrogen (secondary N) is 1. The van der Waals surface area contributed by atoms with E-state index in [1.807, 2.05) is 24.3 Å². The van der Waals surface area contributed by atoms with Crippen molar-refractivity contribution < 1.29 is 18.8 Å². The second-order valence-corrected chi connectivity index (χ2v) is 7.72. The van der Waals surface area contributed by atoms with Gasteiger partial charge in [-0.1, -0.05) is 18.2 Å². The maximum absolute atomic E-state index is 13.1. The first-order chi connectivity index (χ1) is 15.3. The molecule has 3 amide bonds. The topological polar surface area (TPSA) is 74.6 Å². The van der Waals surface area contributed by atoms with Crippen LogP contribution in [0.5, 0.6) is 0 Å². The molecular weight excluding hydrogens is 431 g/mol. The van der Waals surface area contributed by atoms with Crippen molar-refractivity contribution in [2.75, 3.05) is 19.4 Å². The molecule has 1 saturated heterocycles. The van der Waals surface area contributed by atoms with Gasteiger partial charge in [-0.15, -0.1) is 0 Å². The Balaban J connectivity index is 1.67. The Kier molecular flexibility index (Phi) is 5.58. The lowest BCUT2D eigenvalue weighted by Gasteiger charge is -2.31. The Hall–Kier alpha value is -3.85. The summed E-state index contributed by atoms with van der Waals surface area (Å²) in [5.41, 5.74) is 1.86. The fourth-order valence-electron chi connectivity index (χ4n) is 3.54. The summed E-state index contributed by atoms with van der Waals surface area (Å²) in [4.78, 5) is 40.4. The Morgan fingerprint density at radius 1 is 1.03 bits per heavy atom. The molecule has 3 aromatic rings. The zero-order valence-corrected chi connectivity index (χ0v) is 18.1. The Morgan fingerprint density at radius 2 is 1.66 bits per heavy atom. The summed E-state index contributed by atoms with van der Waals surface area (Å²) >= 11 is 5.13. The van der Waals surface area contributed by atoms with Gasteiger partial charge in [0.25, 0.3) is 11.8 Å². The highest BCUT2D eigenvalue weighted by Gasteiger charge is 2.35. The van der Waals surface area contributed by atoms with Crippen molar-refractivity contribution in [3.8, 4) is 0 Å². The fraction of sp³-hybridized carbons (Fsp3) is 0.130. The van der Waals surface area contributed by atoms with Crippen LogP contribution in [0.15, 0.2) is 60.3 Å². The maximum Gasteiger partial charge on any atom is 0.265 e. The van der Waals surface area contributed by atoms with E-state index in [9.17, 15) is 18.8 Å². The van der Waals surface area contributed by atoms with Gasteiger partial charge in [0.2, 0.25) is 5.91 Å². The van der Waals surface area contributed by atoms with Crippen molar-refractivity contribution in [3.63, 3.8) is 0 Å². The lowest BCUT2D eigenvalue weighted by Crippen LogP contribution is -2.52. The number of amides is 3. The molecule has 1 aromatic heterocycles. The second kappa shape index (κ2) is 8.35. The molecular formula is C23H19FN4O3S. The molecule has 7 nitrogen and oxygen atoms in total. The van der Waals surface area contributed by atoms with Gasteiger partial charge in [0, 0.05) is 42.4 Å². The van der Waals surface area contributed by atoms with E-state index in [0.717, 1.165) is 10.9 Å². The van der Waals surface area contributed by atoms with Crippen LogP contribution in [-0.2, 0) is 20.9 Å². The largest absolute Gasteiger partial charge is 0.337 e. The Bertz CT molecular complexity index is 1270. The number of carbonyl (C=O) groups is 3. The van der Waals surface area contributed by atoms with E-state index >= 15 is 0 Å². The van der Waals surface area contributed by atoms with Gasteiger partial charge in [0.15, 0.2) is 5.11 Å². The zero-order valence-electron chi connectivity index (χ0n) is 17.3. The molecule has 0 radical (unpaired) electrons. The van der Waals surface area contributed by atoms with E-state index in [1.54, 1.807) is 10.8 Å². The molecule has 4 rings (SSSR count). The predicted molar refractivity (Wildman–Crippen MR) is 123 cm³/mol. The molecule has 0 atom stereocenters. The summed E-state index contributed by atoms with van der Waals surface area (Å²) in [6.45, 7) is -0.00710. The average Bonchev–Trinajstić information content (AvgIpc) is 3.12. The number of hydrogen-bond donors (Lipinski definition) is 1. The Morgan fingerprint density at radius 3 is 2.31 bits per heavy atom. The molecule has 0 aliphatic carbocycles. The number of halogens is 1. The highest BCUT2D eigenvalue weighted by Crippen LogP contribution is 2.26. The smallest absolute Gasteiger partial charge is 0.265 e. The minimum atomic E-state index is -0.482. The average molecular weight is 450 g/mol. The number of thiocarbonyl (C=S) groups is 1. The first-order valence-electron chi connectivity index (χ1n) is 9.71. The summed E-state index contributed by atoms with van der Waals surface area (Å²) in [7, 11) is 3.04. The molecule has 2 heterocycles. The van der Waals surface area contributed by atoms with Gasteiger partial charge in [-0.2, -0.15) is 0 Å². The van der Waals surface area contributed by atoms with Crippen LogP contribution in [0.3, 0.4) is 0 Å². The molecule has 9 heteroatoms. The van der Waals surface area contributed by atoms with Gasteiger partial charge in [-0.05, 0) is 48.6 Å². The first kappa shape index (κ1) is 21.4. The van der Waals surface area contributed by atoms with Crippen LogP contribution < -0.4 is 5.32 Å². The fourth-order valence-corrected chi connectivity index (χ4v) is 3.71. The molecule has 0 bridgehead atoms. The number of aromatic nitrogens is 1. The predicted octanol–water partition coefficient (Wildman–Crippen LogP) is 3.02. The molecule has 1 N–H and O–H groups in total. The highest BCUT2D eigenvalue weighted by atomic mass is 32.1. The van der Waals surface area contributed by atoms with E-state index < -0.39 is 11.8 Å². The molecule has 2 aromatic carbocycles. The van der Waals surface area contributed by atoms with Gasteiger partial charge in [0.05, 0.1) is 0 Å². The number of anilines is 1. The van der Waals surface area contributed by atoms with Crippen LogP contribution in [0.1, 0.15) is 5.56 Å². The van der Waals surface area contributed by atoms with Gasteiger partial charge >= 0.3 is 0 Å². The number of carbonyl (C=O) groups excluding carboxylic acids is 3. The van der Waals surface area contributed by atoms with E-state index in [1.165, 1.54) is 54.2 Å². The van der Waals surface area contributed by atoms with E-state index in [-0.39, 0.29) is 29.0 Å². The van der Waals surface area contributed by atoms with Crippen molar-refractivity contribution in [3.05, 3.63) is 71.7 Å². The molecule has 0 unspecified atom stereocenters. The molecule has 1 aliphatic heterocycles. The molecule has 1 fully saturated rings. The summed E-state index contributed by atoms with van der Waals surface area (Å²) in [6, 6.07) is 12.9. The maximum atomic E-state index is 13.1. The first-order valence-corrected chi connectivity index (χ1v) is 10.1. The third kappa shape index (κ3) is 3.90. The minimum absolute atomic E-state index is 0.00710. The third-order valence-corrected chi connectivity index (χ3v) is 5.75. The summed E-state index contributed by atoms with van der Waals surface area (Å²) in [5.74, 6) is -1.65. The Labute approximate surface area is 188 Å². The van der Waals surface area contributed by atoms with E-state index in [0.29, 0.717) is 11.3 Å². The summed E-state index contributed by atoms with van der Waals surface area (Å²) < 4.78 is 14.8. The van der Waals surface area contributed by atoms with E-state index in [2.05, 4.69) is 5.32 Å². The summed E-state index contributed by atoms with van der Waals surface area (Å²) in [6.07, 6.45) is 3.24. The van der Waals surface area contributed by atoms with Crippen LogP contribution in [0, 0.1) is 5.82 Å². The minimum Gasteiger partial charge on any atom is -0.337 e. The number of fused-ring (bicyclic) bond motifs is 1. The van der Waals surface area contributed by atoms with Crippen LogP contribution in [-0.4, -0.2) is 51.3 Å². The van der Waals surface area contributed by atoms with Crippen LogP contribution in [0.2, 0.25) is 0 Å². The van der Waals surface area contributed by atoms with Crippen LogP contribution >= 0.6 is 12.2 Å². The van der Waals surface area contributed by atoms with Crippen molar-refractivity contribution >= 4 is 57.7 Å². The molecule has 1 aliphatic rings. The highest BCUT2D eigenvalue weighted by molar-refractivity contribution is 7.80. The number of likely N-dealkylation sites (N-methyl/N-ethyl adjacent to an activating group) is 2. The zero-order chi connectivity index (χ0) is 23.0. The normalized spacial score (nSPS) is 14.3. The second-order valence-electron chi connectivity index (χ2n) is 7.35. The standard InChI is InChI=1S/C23H19FN4O3S/c1-26-21(30)18(22(31)27(2)23(26)32)11-14-12-28(19-6-4-3-5-17(14)19)13-20(29)25-16-9-7-15(24)8-10-16/h3-12H,13H2,1-2H3,(H,25,29). The number of para-hydroxylation sites is 1. The van der Waals surface area contributed by atoms with Crippen LogP contribution in [0.25, 0.3) is 17.0 Å². The molecule has 162 valence electrons. The molecule has 32 heavy (non-hydrogen) atoms. The number of benzene rings is 2. The SMILES string of the molecule is CN1C(=O)C(=Cc2cn(CC(=O)Nc3ccc(F)cc3)c3ccccc23)C(=O)N(C)C1=S. The lowest BCUT2D eigenvalue weighted by molar-refractivity contribution is -0.132. The van der Waals surface area contributed by atoms with Gasteiger partial charge < -0.3 is 9.88 Å². The van der Waals surface area contributed by atoms with Gasteiger partial charge in [-0.3, -0.25) is 24.2 Å². The third-order valence-electron chi connectivity index (χ3n) is 5.21. The van der Waals surface area contributed by atoms with Crippen LogP contribution in [0.4, 0.5) is 10.1 Å². The van der Waals surface area contributed by atoms with Crippen molar-refractivity contribution in [2.24, 2.45) is 0 Å². The number of rotatable bonds is 4. The van der Waals surface area contributed by atoms with Crippen molar-refractivity contribution in [2.45, 2.75) is 6.54 Å². The monoisotopic (exact) mass is 450 g/mol. The summed E-state index contributed by atoms with van der Waals surface area (Å²) in [5, 5.41) is 3.65.